The van der Waals surface area contributed by atoms with Crippen molar-refractivity contribution in [1.82, 2.24) is 10.5 Å². The van der Waals surface area contributed by atoms with Crippen molar-refractivity contribution < 1.29 is 9.32 Å². The predicted octanol–water partition coefficient (Wildman–Crippen LogP) is 0.912. The Hall–Kier alpha value is -1.32. The number of amides is 1. The first-order valence-corrected chi connectivity index (χ1v) is 4.00. The van der Waals surface area contributed by atoms with Gasteiger partial charge in [-0.3, -0.25) is 4.79 Å². The van der Waals surface area contributed by atoms with Crippen LogP contribution in [0.1, 0.15) is 35.0 Å². The Morgan fingerprint density at radius 3 is 3.08 bits per heavy atom. The maximum atomic E-state index is 11.0. The minimum atomic E-state index is -0.189. The van der Waals surface area contributed by atoms with Crippen molar-refractivity contribution >= 4 is 5.91 Å². The second kappa shape index (κ2) is 2.62. The molecule has 0 aliphatic heterocycles. The van der Waals surface area contributed by atoms with Gasteiger partial charge in [-0.05, 0) is 12.8 Å². The lowest BCUT2D eigenvalue weighted by Crippen LogP contribution is -2.17. The lowest BCUT2D eigenvalue weighted by atomic mass is 10.3. The van der Waals surface area contributed by atoms with Gasteiger partial charge in [0.2, 0.25) is 0 Å². The van der Waals surface area contributed by atoms with E-state index >= 15 is 0 Å². The lowest BCUT2D eigenvalue weighted by Gasteiger charge is -1.88. The molecule has 1 aromatic rings. The van der Waals surface area contributed by atoms with Crippen molar-refractivity contribution in [2.45, 2.75) is 18.8 Å². The van der Waals surface area contributed by atoms with Gasteiger partial charge < -0.3 is 9.84 Å². The third kappa shape index (κ3) is 1.20. The van der Waals surface area contributed by atoms with E-state index < -0.39 is 0 Å². The van der Waals surface area contributed by atoms with Gasteiger partial charge in [0.05, 0.1) is 0 Å². The normalized spacial score (nSPS) is 16.1. The van der Waals surface area contributed by atoms with E-state index in [-0.39, 0.29) is 5.91 Å². The molecule has 0 unspecified atom stereocenters. The van der Waals surface area contributed by atoms with Gasteiger partial charge in [0, 0.05) is 19.0 Å². The molecule has 0 atom stereocenters. The van der Waals surface area contributed by atoms with Crippen LogP contribution in [0.5, 0.6) is 0 Å². The quantitative estimate of drug-likeness (QED) is 0.710. The molecular formula is C8H10N2O2. The minimum absolute atomic E-state index is 0.189. The molecule has 1 fully saturated rings. The maximum Gasteiger partial charge on any atom is 0.273 e. The largest absolute Gasteiger partial charge is 0.360 e. The van der Waals surface area contributed by atoms with Crippen LogP contribution in [-0.2, 0) is 0 Å². The van der Waals surface area contributed by atoms with E-state index in [1.54, 1.807) is 13.1 Å². The fraction of sp³-hybridized carbons (Fsp3) is 0.500. The summed E-state index contributed by atoms with van der Waals surface area (Å²) in [4.78, 5) is 11.0. The number of nitrogens with zero attached hydrogens (tertiary/aromatic N) is 1. The molecule has 1 aliphatic rings. The zero-order valence-electron chi connectivity index (χ0n) is 6.83. The summed E-state index contributed by atoms with van der Waals surface area (Å²) in [6.45, 7) is 0. The zero-order valence-corrected chi connectivity index (χ0v) is 6.83. The van der Waals surface area contributed by atoms with E-state index in [4.69, 9.17) is 4.52 Å². The number of carbonyl (C=O) groups is 1. The number of carbonyl (C=O) groups excluding carboxylic acids is 1. The van der Waals surface area contributed by atoms with E-state index in [0.717, 1.165) is 18.6 Å². The third-order valence-corrected chi connectivity index (χ3v) is 1.97. The van der Waals surface area contributed by atoms with Crippen molar-refractivity contribution in [3.05, 3.63) is 17.5 Å². The number of hydrogen-bond acceptors (Lipinski definition) is 3. The first-order chi connectivity index (χ1) is 5.81. The van der Waals surface area contributed by atoms with Crippen molar-refractivity contribution in [2.75, 3.05) is 7.05 Å². The number of hydrogen-bond donors (Lipinski definition) is 1. The number of nitrogens with one attached hydrogen (secondary N) is 1. The molecule has 64 valence electrons. The van der Waals surface area contributed by atoms with Gasteiger partial charge in [-0.25, -0.2) is 0 Å². The van der Waals surface area contributed by atoms with E-state index in [0.29, 0.717) is 11.6 Å². The molecule has 1 aromatic heterocycles. The molecule has 1 heterocycles. The molecule has 12 heavy (non-hydrogen) atoms. The van der Waals surface area contributed by atoms with Crippen LogP contribution in [0.3, 0.4) is 0 Å². The Morgan fingerprint density at radius 2 is 2.50 bits per heavy atom. The van der Waals surface area contributed by atoms with E-state index in [9.17, 15) is 4.79 Å². The van der Waals surface area contributed by atoms with Gasteiger partial charge in [-0.2, -0.15) is 0 Å². The van der Waals surface area contributed by atoms with Gasteiger partial charge in [-0.15, -0.1) is 0 Å². The minimum Gasteiger partial charge on any atom is -0.360 e. The van der Waals surface area contributed by atoms with Crippen LogP contribution < -0.4 is 5.32 Å². The first-order valence-electron chi connectivity index (χ1n) is 4.00. The van der Waals surface area contributed by atoms with Crippen LogP contribution in [0, 0.1) is 0 Å². The molecule has 0 spiro atoms. The first kappa shape index (κ1) is 7.34. The fourth-order valence-electron chi connectivity index (χ4n) is 1.08. The summed E-state index contributed by atoms with van der Waals surface area (Å²) in [5, 5.41) is 6.15. The van der Waals surface area contributed by atoms with Crippen molar-refractivity contribution in [1.29, 1.82) is 0 Å². The molecule has 1 N–H and O–H groups in total. The standard InChI is InChI=1S/C8H10N2O2/c1-9-8(11)6-4-7(12-10-6)5-2-3-5/h4-5H,2-3H2,1H3,(H,9,11). The van der Waals surface area contributed by atoms with Crippen LogP contribution in [0.4, 0.5) is 0 Å². The smallest absolute Gasteiger partial charge is 0.273 e. The lowest BCUT2D eigenvalue weighted by molar-refractivity contribution is 0.0954. The van der Waals surface area contributed by atoms with Gasteiger partial charge in [0.25, 0.3) is 5.91 Å². The van der Waals surface area contributed by atoms with E-state index in [1.807, 2.05) is 0 Å². The molecule has 0 aromatic carbocycles. The Kier molecular flexibility index (Phi) is 1.60. The Morgan fingerprint density at radius 1 is 1.75 bits per heavy atom. The van der Waals surface area contributed by atoms with Crippen LogP contribution in [0.15, 0.2) is 10.6 Å². The summed E-state index contributed by atoms with van der Waals surface area (Å²) in [6.07, 6.45) is 2.31. The van der Waals surface area contributed by atoms with Crippen molar-refractivity contribution in [2.24, 2.45) is 0 Å². The van der Waals surface area contributed by atoms with E-state index in [1.165, 1.54) is 0 Å². The summed E-state index contributed by atoms with van der Waals surface area (Å²) in [7, 11) is 1.58. The highest BCUT2D eigenvalue weighted by Crippen LogP contribution is 2.40. The second-order valence-corrected chi connectivity index (χ2v) is 2.97. The van der Waals surface area contributed by atoms with Crippen molar-refractivity contribution in [3.63, 3.8) is 0 Å². The molecular weight excluding hydrogens is 156 g/mol. The molecule has 1 amide bonds. The monoisotopic (exact) mass is 166 g/mol. The highest BCUT2D eigenvalue weighted by molar-refractivity contribution is 5.91. The third-order valence-electron chi connectivity index (χ3n) is 1.97. The maximum absolute atomic E-state index is 11.0. The van der Waals surface area contributed by atoms with Crippen LogP contribution in [-0.4, -0.2) is 18.1 Å². The van der Waals surface area contributed by atoms with Crippen LogP contribution in [0.25, 0.3) is 0 Å². The van der Waals surface area contributed by atoms with Crippen LogP contribution in [0.2, 0.25) is 0 Å². The summed E-state index contributed by atoms with van der Waals surface area (Å²) in [6, 6.07) is 1.72. The number of rotatable bonds is 2. The molecule has 1 saturated carbocycles. The summed E-state index contributed by atoms with van der Waals surface area (Å²) >= 11 is 0. The summed E-state index contributed by atoms with van der Waals surface area (Å²) < 4.78 is 5.00. The molecule has 2 rings (SSSR count). The van der Waals surface area contributed by atoms with Crippen molar-refractivity contribution in [3.8, 4) is 0 Å². The van der Waals surface area contributed by atoms with Gasteiger partial charge in [-0.1, -0.05) is 5.16 Å². The average Bonchev–Trinajstić information content (AvgIpc) is 2.83. The molecule has 4 heteroatoms. The average molecular weight is 166 g/mol. The van der Waals surface area contributed by atoms with Crippen LogP contribution >= 0.6 is 0 Å². The Balaban J connectivity index is 2.17. The van der Waals surface area contributed by atoms with Gasteiger partial charge in [0.15, 0.2) is 5.69 Å². The molecule has 4 nitrogen and oxygen atoms in total. The van der Waals surface area contributed by atoms with Gasteiger partial charge in [0.1, 0.15) is 5.76 Å². The zero-order chi connectivity index (χ0) is 8.55. The Labute approximate surface area is 69.9 Å². The van der Waals surface area contributed by atoms with E-state index in [2.05, 4.69) is 10.5 Å². The summed E-state index contributed by atoms with van der Waals surface area (Å²) in [5.41, 5.74) is 0.374. The SMILES string of the molecule is CNC(=O)c1cc(C2CC2)on1. The predicted molar refractivity (Wildman–Crippen MR) is 41.9 cm³/mol. The number of aromatic nitrogens is 1. The second-order valence-electron chi connectivity index (χ2n) is 2.97. The Bertz CT molecular complexity index is 302. The highest BCUT2D eigenvalue weighted by atomic mass is 16.5. The fourth-order valence-corrected chi connectivity index (χ4v) is 1.08. The molecule has 0 saturated heterocycles. The molecule has 0 radical (unpaired) electrons. The molecule has 1 aliphatic carbocycles. The van der Waals surface area contributed by atoms with Gasteiger partial charge >= 0.3 is 0 Å². The summed E-state index contributed by atoms with van der Waals surface area (Å²) in [5.74, 6) is 1.16. The topological polar surface area (TPSA) is 55.1 Å². The highest BCUT2D eigenvalue weighted by Gasteiger charge is 2.28. The molecule has 0 bridgehead atoms.